The smallest absolute Gasteiger partial charge is 0.268 e. The van der Waals surface area contributed by atoms with Gasteiger partial charge in [0.15, 0.2) is 0 Å². The molecule has 0 aliphatic carbocycles. The molecule has 126 valence electrons. The van der Waals surface area contributed by atoms with Crippen LogP contribution in [0.15, 0.2) is 72.8 Å². The van der Waals surface area contributed by atoms with E-state index >= 15 is 0 Å². The van der Waals surface area contributed by atoms with Gasteiger partial charge in [0.2, 0.25) is 0 Å². The Morgan fingerprint density at radius 3 is 1.73 bits per heavy atom. The molecule has 26 heavy (non-hydrogen) atoms. The number of benzene rings is 3. The number of amides is 2. The Labute approximate surface area is 148 Å². The molecule has 0 N–H and O–H groups in total. The lowest BCUT2D eigenvalue weighted by Gasteiger charge is -2.14. The number of imide groups is 1. The van der Waals surface area contributed by atoms with E-state index < -0.39 is 4.92 Å². The van der Waals surface area contributed by atoms with Gasteiger partial charge in [-0.25, -0.2) is 4.90 Å². The van der Waals surface area contributed by atoms with Crippen LogP contribution in [0.1, 0.15) is 20.7 Å². The molecule has 6 nitrogen and oxygen atoms in total. The first-order valence-corrected chi connectivity index (χ1v) is 7.89. The van der Waals surface area contributed by atoms with Crippen LogP contribution in [0.4, 0.5) is 11.4 Å². The molecule has 0 aromatic heterocycles. The Kier molecular flexibility index (Phi) is 3.58. The maximum Gasteiger partial charge on any atom is 0.277 e. The zero-order valence-electron chi connectivity index (χ0n) is 13.5. The number of rotatable bonds is 3. The van der Waals surface area contributed by atoms with Crippen molar-refractivity contribution in [3.63, 3.8) is 0 Å². The van der Waals surface area contributed by atoms with Crippen LogP contribution in [-0.4, -0.2) is 16.7 Å². The molecule has 4 rings (SSSR count). The Balaban J connectivity index is 1.71. The summed E-state index contributed by atoms with van der Waals surface area (Å²) in [5.41, 5.74) is 2.30. The fraction of sp³-hybridized carbons (Fsp3) is 0. The van der Waals surface area contributed by atoms with Crippen LogP contribution in [0.3, 0.4) is 0 Å². The third kappa shape index (κ3) is 2.36. The molecule has 0 radical (unpaired) electrons. The summed E-state index contributed by atoms with van der Waals surface area (Å²) >= 11 is 0. The summed E-state index contributed by atoms with van der Waals surface area (Å²) in [6, 6.07) is 19.7. The number of nitro groups is 1. The highest BCUT2D eigenvalue weighted by molar-refractivity contribution is 6.34. The summed E-state index contributed by atoms with van der Waals surface area (Å²) < 4.78 is 0. The third-order valence-corrected chi connectivity index (χ3v) is 4.33. The molecule has 3 aromatic rings. The second kappa shape index (κ2) is 5.93. The number of hydrogen-bond donors (Lipinski definition) is 0. The van der Waals surface area contributed by atoms with Crippen LogP contribution in [0, 0.1) is 10.1 Å². The Morgan fingerprint density at radius 1 is 0.692 bits per heavy atom. The standard InChI is InChI=1S/C20H12N2O4/c23-19-16-6-1-2-7-17(16)20(24)21(19)14-11-9-13(10-12-14)15-5-3-4-8-18(15)22(25)26/h1-12H. The number of para-hydroxylation sites is 1. The highest BCUT2D eigenvalue weighted by Gasteiger charge is 2.36. The van der Waals surface area contributed by atoms with Crippen molar-refractivity contribution in [2.75, 3.05) is 4.90 Å². The largest absolute Gasteiger partial charge is 0.277 e. The molecule has 0 bridgehead atoms. The highest BCUT2D eigenvalue weighted by atomic mass is 16.6. The second-order valence-corrected chi connectivity index (χ2v) is 5.81. The second-order valence-electron chi connectivity index (χ2n) is 5.81. The molecule has 1 heterocycles. The van der Waals surface area contributed by atoms with Gasteiger partial charge < -0.3 is 0 Å². The lowest BCUT2D eigenvalue weighted by Crippen LogP contribution is -2.29. The third-order valence-electron chi connectivity index (χ3n) is 4.33. The lowest BCUT2D eigenvalue weighted by atomic mass is 10.0. The van der Waals surface area contributed by atoms with E-state index in [1.54, 1.807) is 66.7 Å². The minimum Gasteiger partial charge on any atom is -0.268 e. The zero-order valence-corrected chi connectivity index (χ0v) is 13.5. The first-order valence-electron chi connectivity index (χ1n) is 7.89. The van der Waals surface area contributed by atoms with Crippen molar-refractivity contribution in [1.29, 1.82) is 0 Å². The average molecular weight is 344 g/mol. The molecular weight excluding hydrogens is 332 g/mol. The van der Waals surface area contributed by atoms with Crippen molar-refractivity contribution in [3.05, 3.63) is 94.0 Å². The molecule has 3 aromatic carbocycles. The molecule has 0 fully saturated rings. The van der Waals surface area contributed by atoms with Crippen LogP contribution in [-0.2, 0) is 0 Å². The molecule has 1 aliphatic heterocycles. The van der Waals surface area contributed by atoms with Gasteiger partial charge in [0, 0.05) is 6.07 Å². The van der Waals surface area contributed by atoms with Crippen LogP contribution in [0.2, 0.25) is 0 Å². The maximum atomic E-state index is 12.5. The minimum absolute atomic E-state index is 0.000908. The highest BCUT2D eigenvalue weighted by Crippen LogP contribution is 2.33. The lowest BCUT2D eigenvalue weighted by molar-refractivity contribution is -0.384. The first-order chi connectivity index (χ1) is 12.6. The summed E-state index contributed by atoms with van der Waals surface area (Å²) in [4.78, 5) is 36.9. The predicted molar refractivity (Wildman–Crippen MR) is 96.1 cm³/mol. The summed E-state index contributed by atoms with van der Waals surface area (Å²) in [5, 5.41) is 11.2. The van der Waals surface area contributed by atoms with Gasteiger partial charge in [-0.15, -0.1) is 0 Å². The molecule has 0 saturated carbocycles. The van der Waals surface area contributed by atoms with Crippen LogP contribution in [0.25, 0.3) is 11.1 Å². The Morgan fingerprint density at radius 2 is 1.19 bits per heavy atom. The number of fused-ring (bicyclic) bond motifs is 1. The molecule has 0 spiro atoms. The number of hydrogen-bond acceptors (Lipinski definition) is 4. The fourth-order valence-corrected chi connectivity index (χ4v) is 3.09. The molecule has 0 atom stereocenters. The van der Waals surface area contributed by atoms with E-state index in [1.807, 2.05) is 0 Å². The van der Waals surface area contributed by atoms with Crippen molar-refractivity contribution >= 4 is 23.2 Å². The topological polar surface area (TPSA) is 80.5 Å². The van der Waals surface area contributed by atoms with E-state index in [0.717, 1.165) is 4.90 Å². The van der Waals surface area contributed by atoms with Crippen LogP contribution >= 0.6 is 0 Å². The molecular formula is C20H12N2O4. The van der Waals surface area contributed by atoms with Gasteiger partial charge in [-0.2, -0.15) is 0 Å². The zero-order chi connectivity index (χ0) is 18.3. The quantitative estimate of drug-likeness (QED) is 0.408. The maximum absolute atomic E-state index is 12.5. The molecule has 0 saturated heterocycles. The molecule has 0 unspecified atom stereocenters. The van der Waals surface area contributed by atoms with Crippen molar-refractivity contribution in [1.82, 2.24) is 0 Å². The Bertz CT molecular complexity index is 1020. The van der Waals surface area contributed by atoms with Crippen molar-refractivity contribution in [2.45, 2.75) is 0 Å². The number of nitrogens with zero attached hydrogens (tertiary/aromatic N) is 2. The Hall–Kier alpha value is -3.80. The summed E-state index contributed by atoms with van der Waals surface area (Å²) in [6.07, 6.45) is 0. The van der Waals surface area contributed by atoms with Crippen molar-refractivity contribution in [2.24, 2.45) is 0 Å². The van der Waals surface area contributed by atoms with Crippen LogP contribution < -0.4 is 4.90 Å². The van der Waals surface area contributed by atoms with Gasteiger partial charge in [-0.1, -0.05) is 36.4 Å². The van der Waals surface area contributed by atoms with E-state index in [9.17, 15) is 19.7 Å². The minimum atomic E-state index is -0.437. The van der Waals surface area contributed by atoms with Gasteiger partial charge in [-0.3, -0.25) is 19.7 Å². The normalized spacial score (nSPS) is 13.0. The van der Waals surface area contributed by atoms with Gasteiger partial charge in [0.1, 0.15) is 0 Å². The summed E-state index contributed by atoms with van der Waals surface area (Å²) in [7, 11) is 0. The predicted octanol–water partition coefficient (Wildman–Crippen LogP) is 4.06. The van der Waals surface area contributed by atoms with E-state index in [0.29, 0.717) is 27.9 Å². The van der Waals surface area contributed by atoms with E-state index in [2.05, 4.69) is 0 Å². The molecule has 2 amide bonds. The van der Waals surface area contributed by atoms with Gasteiger partial charge in [0.25, 0.3) is 17.5 Å². The summed E-state index contributed by atoms with van der Waals surface area (Å²) in [6.45, 7) is 0. The van der Waals surface area contributed by atoms with Gasteiger partial charge in [0.05, 0.1) is 27.3 Å². The molecule has 1 aliphatic rings. The van der Waals surface area contributed by atoms with E-state index in [1.165, 1.54) is 6.07 Å². The first kappa shape index (κ1) is 15.7. The van der Waals surface area contributed by atoms with Crippen molar-refractivity contribution < 1.29 is 14.5 Å². The number of anilines is 1. The summed E-state index contributed by atoms with van der Waals surface area (Å²) in [5.74, 6) is -0.743. The SMILES string of the molecule is O=C1c2ccccc2C(=O)N1c1ccc(-c2ccccc2[N+](=O)[O-])cc1. The number of nitro benzene ring substituents is 1. The average Bonchev–Trinajstić information content (AvgIpc) is 2.93. The molecule has 6 heteroatoms. The number of carbonyl (C=O) groups excluding carboxylic acids is 2. The van der Waals surface area contributed by atoms with Gasteiger partial charge >= 0.3 is 0 Å². The van der Waals surface area contributed by atoms with E-state index in [-0.39, 0.29) is 17.5 Å². The monoisotopic (exact) mass is 344 g/mol. The fourth-order valence-electron chi connectivity index (χ4n) is 3.09. The van der Waals surface area contributed by atoms with E-state index in [4.69, 9.17) is 0 Å². The number of carbonyl (C=O) groups is 2. The van der Waals surface area contributed by atoms with Gasteiger partial charge in [-0.05, 0) is 35.9 Å². The van der Waals surface area contributed by atoms with Crippen LogP contribution in [0.5, 0.6) is 0 Å². The van der Waals surface area contributed by atoms with Crippen molar-refractivity contribution in [3.8, 4) is 11.1 Å².